The number of aromatic nitrogens is 1. The normalized spacial score (nSPS) is 12.6. The predicted molar refractivity (Wildman–Crippen MR) is 275 cm³/mol. The standard InChI is InChI=1S/C63H46N2/c1-63(2)55-34-15-12-30-52(55)61-51(33-19-35-56(61)63)50-29-13-16-36-57(50)65(59-40-39-45(43-21-6-3-7-22-43)42-54(59)44-23-8-4-9-24-44)48-28-18-25-46(41-48)49-32-20-38-60-62(49)53-31-14-17-37-58(53)64(60)47-26-10-5-11-27-47/h3-42H,1-2H3. The van der Waals surface area contributed by atoms with Gasteiger partial charge in [-0.25, -0.2) is 0 Å². The summed E-state index contributed by atoms with van der Waals surface area (Å²) >= 11 is 0. The topological polar surface area (TPSA) is 8.17 Å². The minimum absolute atomic E-state index is 0.122. The van der Waals surface area contributed by atoms with Crippen molar-refractivity contribution in [3.8, 4) is 61.3 Å². The second kappa shape index (κ2) is 15.6. The highest BCUT2D eigenvalue weighted by atomic mass is 15.1. The first kappa shape index (κ1) is 38.5. The molecule has 1 aromatic heterocycles. The van der Waals surface area contributed by atoms with Crippen LogP contribution in [0.5, 0.6) is 0 Å². The first-order valence-corrected chi connectivity index (χ1v) is 22.6. The summed E-state index contributed by atoms with van der Waals surface area (Å²) in [5, 5.41) is 2.48. The van der Waals surface area contributed by atoms with Gasteiger partial charge in [-0.15, -0.1) is 0 Å². The lowest BCUT2D eigenvalue weighted by Gasteiger charge is -2.31. The van der Waals surface area contributed by atoms with E-state index in [1.807, 2.05) is 0 Å². The molecule has 0 fully saturated rings. The average Bonchev–Trinajstić information content (AvgIpc) is 3.84. The minimum Gasteiger partial charge on any atom is -0.309 e. The van der Waals surface area contributed by atoms with Crippen LogP contribution in [-0.2, 0) is 5.41 Å². The third-order valence-electron chi connectivity index (χ3n) is 13.6. The van der Waals surface area contributed by atoms with Crippen LogP contribution in [0.3, 0.4) is 0 Å². The van der Waals surface area contributed by atoms with Gasteiger partial charge in [0.1, 0.15) is 0 Å². The summed E-state index contributed by atoms with van der Waals surface area (Å²) in [7, 11) is 0. The first-order valence-electron chi connectivity index (χ1n) is 22.6. The lowest BCUT2D eigenvalue weighted by Crippen LogP contribution is -2.15. The molecule has 12 rings (SSSR count). The van der Waals surface area contributed by atoms with Crippen molar-refractivity contribution in [2.45, 2.75) is 19.3 Å². The monoisotopic (exact) mass is 830 g/mol. The quantitative estimate of drug-likeness (QED) is 0.148. The van der Waals surface area contributed by atoms with Crippen molar-refractivity contribution < 1.29 is 0 Å². The zero-order chi connectivity index (χ0) is 43.5. The number of fused-ring (bicyclic) bond motifs is 6. The van der Waals surface area contributed by atoms with E-state index < -0.39 is 0 Å². The summed E-state index contributed by atoms with van der Waals surface area (Å²) in [5.74, 6) is 0. The first-order chi connectivity index (χ1) is 32.0. The van der Waals surface area contributed by atoms with E-state index in [0.29, 0.717) is 0 Å². The van der Waals surface area contributed by atoms with Gasteiger partial charge in [-0.1, -0.05) is 202 Å². The Balaban J connectivity index is 1.12. The predicted octanol–water partition coefficient (Wildman–Crippen LogP) is 17.2. The van der Waals surface area contributed by atoms with Crippen LogP contribution in [0.2, 0.25) is 0 Å². The molecular formula is C63H46N2. The van der Waals surface area contributed by atoms with Crippen molar-refractivity contribution >= 4 is 38.9 Å². The second-order valence-electron chi connectivity index (χ2n) is 17.7. The summed E-state index contributed by atoms with van der Waals surface area (Å²) < 4.78 is 2.40. The lowest BCUT2D eigenvalue weighted by atomic mass is 9.82. The third-order valence-corrected chi connectivity index (χ3v) is 13.6. The lowest BCUT2D eigenvalue weighted by molar-refractivity contribution is 0.660. The van der Waals surface area contributed by atoms with Crippen molar-refractivity contribution in [1.82, 2.24) is 4.57 Å². The number of para-hydroxylation sites is 3. The van der Waals surface area contributed by atoms with Crippen molar-refractivity contribution in [1.29, 1.82) is 0 Å². The SMILES string of the molecule is CC1(C)c2ccccc2-c2c(-c3ccccc3N(c3cccc(-c4cccc5c4c4ccccc4n5-c4ccccc4)c3)c3ccc(-c4ccccc4)cc3-c3ccccc3)cccc21. The van der Waals surface area contributed by atoms with Crippen molar-refractivity contribution in [3.05, 3.63) is 254 Å². The maximum atomic E-state index is 2.51. The van der Waals surface area contributed by atoms with Gasteiger partial charge in [0.05, 0.1) is 22.4 Å². The van der Waals surface area contributed by atoms with Crippen LogP contribution in [0.15, 0.2) is 243 Å². The Kier molecular flexibility index (Phi) is 9.21. The smallest absolute Gasteiger partial charge is 0.0547 e. The molecule has 0 bridgehead atoms. The van der Waals surface area contributed by atoms with Crippen LogP contribution >= 0.6 is 0 Å². The Morgan fingerprint density at radius 3 is 1.74 bits per heavy atom. The molecule has 0 radical (unpaired) electrons. The molecule has 1 aliphatic carbocycles. The van der Waals surface area contributed by atoms with Gasteiger partial charge in [-0.3, -0.25) is 0 Å². The Hall–Kier alpha value is -8.20. The average molecular weight is 831 g/mol. The number of rotatable bonds is 8. The Bertz CT molecular complexity index is 3560. The number of benzene rings is 10. The molecule has 0 aliphatic heterocycles. The van der Waals surface area contributed by atoms with Crippen LogP contribution in [0.1, 0.15) is 25.0 Å². The highest BCUT2D eigenvalue weighted by Gasteiger charge is 2.37. The maximum Gasteiger partial charge on any atom is 0.0547 e. The molecule has 0 saturated heterocycles. The van der Waals surface area contributed by atoms with E-state index in [1.54, 1.807) is 0 Å². The van der Waals surface area contributed by atoms with E-state index in [-0.39, 0.29) is 5.41 Å². The molecule has 0 unspecified atom stereocenters. The van der Waals surface area contributed by atoms with Gasteiger partial charge in [0.2, 0.25) is 0 Å². The molecule has 2 heteroatoms. The van der Waals surface area contributed by atoms with Gasteiger partial charge in [0.25, 0.3) is 0 Å². The van der Waals surface area contributed by atoms with Crippen LogP contribution in [0.4, 0.5) is 17.1 Å². The Morgan fingerprint density at radius 2 is 0.923 bits per heavy atom. The van der Waals surface area contributed by atoms with E-state index in [2.05, 4.69) is 266 Å². The molecule has 0 N–H and O–H groups in total. The van der Waals surface area contributed by atoms with Gasteiger partial charge in [0.15, 0.2) is 0 Å². The van der Waals surface area contributed by atoms with Gasteiger partial charge in [0, 0.05) is 38.7 Å². The summed E-state index contributed by atoms with van der Waals surface area (Å²) in [6, 6.07) is 88.9. The summed E-state index contributed by atoms with van der Waals surface area (Å²) in [5.41, 5.74) is 21.5. The number of nitrogens with zero attached hydrogens (tertiary/aromatic N) is 2. The van der Waals surface area contributed by atoms with Gasteiger partial charge in [-0.05, 0) is 110 Å². The molecule has 1 heterocycles. The fraction of sp³-hybridized carbons (Fsp3) is 0.0476. The fourth-order valence-electron chi connectivity index (χ4n) is 10.6. The third kappa shape index (κ3) is 6.32. The molecular weight excluding hydrogens is 785 g/mol. The second-order valence-corrected chi connectivity index (χ2v) is 17.7. The zero-order valence-corrected chi connectivity index (χ0v) is 36.5. The van der Waals surface area contributed by atoms with Crippen molar-refractivity contribution in [2.24, 2.45) is 0 Å². The minimum atomic E-state index is -0.122. The molecule has 11 aromatic rings. The summed E-state index contributed by atoms with van der Waals surface area (Å²) in [6.07, 6.45) is 0. The van der Waals surface area contributed by atoms with E-state index in [9.17, 15) is 0 Å². The number of hydrogen-bond donors (Lipinski definition) is 0. The number of anilines is 3. The highest BCUT2D eigenvalue weighted by Crippen LogP contribution is 2.54. The molecule has 2 nitrogen and oxygen atoms in total. The van der Waals surface area contributed by atoms with Gasteiger partial charge >= 0.3 is 0 Å². The van der Waals surface area contributed by atoms with Gasteiger partial charge in [-0.2, -0.15) is 0 Å². The summed E-state index contributed by atoms with van der Waals surface area (Å²) in [4.78, 5) is 2.51. The van der Waals surface area contributed by atoms with Crippen molar-refractivity contribution in [2.75, 3.05) is 4.90 Å². The Labute approximate surface area is 381 Å². The van der Waals surface area contributed by atoms with E-state index in [4.69, 9.17) is 0 Å². The molecule has 1 aliphatic rings. The highest BCUT2D eigenvalue weighted by molar-refractivity contribution is 6.16. The van der Waals surface area contributed by atoms with E-state index in [1.165, 1.54) is 71.9 Å². The molecule has 0 saturated carbocycles. The fourth-order valence-corrected chi connectivity index (χ4v) is 10.6. The van der Waals surface area contributed by atoms with E-state index in [0.717, 1.165) is 39.4 Å². The number of hydrogen-bond acceptors (Lipinski definition) is 1. The van der Waals surface area contributed by atoms with Crippen LogP contribution < -0.4 is 4.90 Å². The zero-order valence-electron chi connectivity index (χ0n) is 36.5. The Morgan fingerprint density at radius 1 is 0.354 bits per heavy atom. The molecule has 308 valence electrons. The van der Waals surface area contributed by atoms with Crippen molar-refractivity contribution in [3.63, 3.8) is 0 Å². The molecule has 65 heavy (non-hydrogen) atoms. The van der Waals surface area contributed by atoms with Gasteiger partial charge < -0.3 is 9.47 Å². The molecule has 0 spiro atoms. The van der Waals surface area contributed by atoms with Crippen LogP contribution in [-0.4, -0.2) is 4.57 Å². The summed E-state index contributed by atoms with van der Waals surface area (Å²) in [6.45, 7) is 4.73. The largest absolute Gasteiger partial charge is 0.309 e. The van der Waals surface area contributed by atoms with Crippen LogP contribution in [0, 0.1) is 0 Å². The molecule has 0 amide bonds. The molecule has 10 aromatic carbocycles. The molecule has 0 atom stereocenters. The maximum absolute atomic E-state index is 2.51. The van der Waals surface area contributed by atoms with E-state index >= 15 is 0 Å². The van der Waals surface area contributed by atoms with Crippen LogP contribution in [0.25, 0.3) is 83.1 Å².